The highest BCUT2D eigenvalue weighted by Crippen LogP contribution is 2.40. The highest BCUT2D eigenvalue weighted by atomic mass is 32.1. The molecule has 0 spiro atoms. The smallest absolute Gasteiger partial charge is 0.203 e. The number of hydrogen-bond acceptors (Lipinski definition) is 8. The van der Waals surface area contributed by atoms with E-state index in [1.54, 1.807) is 32.7 Å². The number of benzene rings is 3. The molecule has 4 aromatic rings. The fourth-order valence-electron chi connectivity index (χ4n) is 4.67. The van der Waals surface area contributed by atoms with Crippen molar-refractivity contribution in [2.75, 3.05) is 64.8 Å². The predicted molar refractivity (Wildman–Crippen MR) is 153 cm³/mol. The molecule has 3 aromatic carbocycles. The largest absolute Gasteiger partial charge is 0.493 e. The normalized spacial score (nSPS) is 14.1. The van der Waals surface area contributed by atoms with E-state index >= 15 is 0 Å². The molecule has 1 fully saturated rings. The average molecular weight is 519 g/mol. The van der Waals surface area contributed by atoms with Gasteiger partial charge in [0.15, 0.2) is 11.5 Å². The molecule has 0 unspecified atom stereocenters. The van der Waals surface area contributed by atoms with Crippen LogP contribution in [0.3, 0.4) is 0 Å². The van der Waals surface area contributed by atoms with Gasteiger partial charge in [-0.3, -0.25) is 0 Å². The van der Waals surface area contributed by atoms with Gasteiger partial charge in [0, 0.05) is 38.3 Å². The number of piperazine rings is 1. The zero-order valence-electron chi connectivity index (χ0n) is 22.1. The Hall–Kier alpha value is -3.49. The van der Waals surface area contributed by atoms with E-state index in [2.05, 4.69) is 65.5 Å². The van der Waals surface area contributed by atoms with Crippen molar-refractivity contribution >= 4 is 32.9 Å². The van der Waals surface area contributed by atoms with Crippen LogP contribution >= 0.6 is 11.3 Å². The monoisotopic (exact) mass is 518 g/mol. The van der Waals surface area contributed by atoms with Crippen LogP contribution in [0.1, 0.15) is 11.1 Å². The molecule has 0 saturated carbocycles. The van der Waals surface area contributed by atoms with Crippen LogP contribution in [0, 0.1) is 6.92 Å². The fourth-order valence-corrected chi connectivity index (χ4v) is 5.65. The van der Waals surface area contributed by atoms with Crippen LogP contribution in [0.5, 0.6) is 17.2 Å². The lowest BCUT2D eigenvalue weighted by Gasteiger charge is -2.35. The average Bonchev–Trinajstić information content (AvgIpc) is 3.34. The Morgan fingerprint density at radius 1 is 0.892 bits per heavy atom. The number of ether oxygens (including phenoxy) is 3. The maximum Gasteiger partial charge on any atom is 0.203 e. The quantitative estimate of drug-likeness (QED) is 0.323. The van der Waals surface area contributed by atoms with Crippen molar-refractivity contribution in [3.05, 3.63) is 59.7 Å². The first kappa shape index (κ1) is 25.2. The zero-order valence-corrected chi connectivity index (χ0v) is 22.9. The van der Waals surface area contributed by atoms with Crippen molar-refractivity contribution < 1.29 is 14.2 Å². The SMILES string of the molecule is COc1cc(CNc2cc3nc(-c4ccc(C)cc4)sc3cc2N2CCN(C)CC2)cc(OC)c1OC. The van der Waals surface area contributed by atoms with Gasteiger partial charge in [-0.15, -0.1) is 11.3 Å². The lowest BCUT2D eigenvalue weighted by atomic mass is 10.1. The molecular formula is C29H34N4O3S. The minimum atomic E-state index is 0.597. The Kier molecular flexibility index (Phi) is 7.39. The summed E-state index contributed by atoms with van der Waals surface area (Å²) in [4.78, 5) is 9.85. The second-order valence-electron chi connectivity index (χ2n) is 9.40. The molecular weight excluding hydrogens is 484 g/mol. The van der Waals surface area contributed by atoms with E-state index in [0.29, 0.717) is 23.8 Å². The van der Waals surface area contributed by atoms with Gasteiger partial charge in [0.2, 0.25) is 5.75 Å². The van der Waals surface area contributed by atoms with Gasteiger partial charge in [-0.2, -0.15) is 0 Å². The number of methoxy groups -OCH3 is 3. The summed E-state index contributed by atoms with van der Waals surface area (Å²) in [5.74, 6) is 1.89. The van der Waals surface area contributed by atoms with Crippen LogP contribution < -0.4 is 24.4 Å². The number of nitrogens with one attached hydrogen (secondary N) is 1. The van der Waals surface area contributed by atoms with Gasteiger partial charge in [-0.05, 0) is 43.8 Å². The highest BCUT2D eigenvalue weighted by molar-refractivity contribution is 7.21. The Labute approximate surface area is 222 Å². The van der Waals surface area contributed by atoms with Gasteiger partial charge in [0.05, 0.1) is 42.9 Å². The van der Waals surface area contributed by atoms with E-state index < -0.39 is 0 Å². The second kappa shape index (κ2) is 10.9. The third-order valence-electron chi connectivity index (χ3n) is 6.86. The first-order valence-corrected chi connectivity index (χ1v) is 13.3. The molecule has 0 radical (unpaired) electrons. The maximum atomic E-state index is 5.56. The molecule has 8 heteroatoms. The summed E-state index contributed by atoms with van der Waals surface area (Å²) in [6.45, 7) is 6.78. The predicted octanol–water partition coefficient (Wildman–Crippen LogP) is 5.66. The molecule has 1 N–H and O–H groups in total. The lowest BCUT2D eigenvalue weighted by Crippen LogP contribution is -2.44. The van der Waals surface area contributed by atoms with E-state index in [4.69, 9.17) is 19.2 Å². The van der Waals surface area contributed by atoms with Crippen LogP contribution in [-0.4, -0.2) is 64.4 Å². The van der Waals surface area contributed by atoms with Crippen molar-refractivity contribution in [1.82, 2.24) is 9.88 Å². The summed E-state index contributed by atoms with van der Waals surface area (Å²) in [6, 6.07) is 17.0. The molecule has 0 amide bonds. The Bertz CT molecular complexity index is 1350. The van der Waals surface area contributed by atoms with Crippen LogP contribution in [0.4, 0.5) is 11.4 Å². The number of aromatic nitrogens is 1. The molecule has 0 atom stereocenters. The molecule has 5 rings (SSSR count). The number of rotatable bonds is 8. The number of nitrogens with zero attached hydrogens (tertiary/aromatic N) is 3. The van der Waals surface area contributed by atoms with Gasteiger partial charge in [0.25, 0.3) is 0 Å². The first-order valence-electron chi connectivity index (χ1n) is 12.5. The summed E-state index contributed by atoms with van der Waals surface area (Å²) in [5, 5.41) is 4.73. The minimum Gasteiger partial charge on any atom is -0.493 e. The number of hydrogen-bond donors (Lipinski definition) is 1. The summed E-state index contributed by atoms with van der Waals surface area (Å²) < 4.78 is 17.8. The molecule has 0 aliphatic carbocycles. The van der Waals surface area contributed by atoms with Crippen molar-refractivity contribution in [1.29, 1.82) is 0 Å². The standard InChI is InChI=1S/C29H34N4O3S/c1-19-6-8-21(9-7-19)29-31-23-16-22(24(17-27(23)37-29)33-12-10-32(2)11-13-33)30-18-20-14-25(34-3)28(36-5)26(15-20)35-4/h6-9,14-17,30H,10-13,18H2,1-5H3. The van der Waals surface area contributed by atoms with Gasteiger partial charge in [-0.1, -0.05) is 29.8 Å². The molecule has 0 bridgehead atoms. The number of thiazole rings is 1. The van der Waals surface area contributed by atoms with Crippen molar-refractivity contribution in [2.45, 2.75) is 13.5 Å². The highest BCUT2D eigenvalue weighted by Gasteiger charge is 2.20. The van der Waals surface area contributed by atoms with E-state index in [0.717, 1.165) is 53.5 Å². The summed E-state index contributed by atoms with van der Waals surface area (Å²) in [7, 11) is 7.08. The topological polar surface area (TPSA) is 59.1 Å². The molecule has 2 heterocycles. The zero-order chi connectivity index (χ0) is 25.9. The first-order chi connectivity index (χ1) is 18.0. The number of anilines is 2. The second-order valence-corrected chi connectivity index (χ2v) is 10.4. The molecule has 1 saturated heterocycles. The Balaban J connectivity index is 1.50. The molecule has 1 aliphatic rings. The van der Waals surface area contributed by atoms with Crippen LogP contribution in [0.25, 0.3) is 20.8 Å². The van der Waals surface area contributed by atoms with E-state index in [1.807, 2.05) is 12.1 Å². The Morgan fingerprint density at radius 3 is 2.19 bits per heavy atom. The number of aryl methyl sites for hydroxylation is 1. The van der Waals surface area contributed by atoms with Crippen LogP contribution in [0.2, 0.25) is 0 Å². The van der Waals surface area contributed by atoms with Gasteiger partial charge in [0.1, 0.15) is 5.01 Å². The van der Waals surface area contributed by atoms with Crippen LogP contribution in [0.15, 0.2) is 48.5 Å². The van der Waals surface area contributed by atoms with Gasteiger partial charge >= 0.3 is 0 Å². The fraction of sp³-hybridized carbons (Fsp3) is 0.345. The Morgan fingerprint density at radius 2 is 1.57 bits per heavy atom. The van der Waals surface area contributed by atoms with E-state index in [9.17, 15) is 0 Å². The van der Waals surface area contributed by atoms with Crippen LogP contribution in [-0.2, 0) is 6.54 Å². The third-order valence-corrected chi connectivity index (χ3v) is 7.92. The van der Waals surface area contributed by atoms with Gasteiger partial charge in [-0.25, -0.2) is 4.98 Å². The van der Waals surface area contributed by atoms with Gasteiger partial charge < -0.3 is 29.3 Å². The molecule has 1 aliphatic heterocycles. The summed E-state index contributed by atoms with van der Waals surface area (Å²) in [6.07, 6.45) is 0. The number of fused-ring (bicyclic) bond motifs is 1. The third kappa shape index (κ3) is 5.31. The van der Waals surface area contributed by atoms with Crippen molar-refractivity contribution in [3.63, 3.8) is 0 Å². The number of likely N-dealkylation sites (N-methyl/N-ethyl adjacent to an activating group) is 1. The van der Waals surface area contributed by atoms with Crippen molar-refractivity contribution in [2.24, 2.45) is 0 Å². The van der Waals surface area contributed by atoms with E-state index in [1.165, 1.54) is 16.0 Å². The molecule has 37 heavy (non-hydrogen) atoms. The molecule has 7 nitrogen and oxygen atoms in total. The van der Waals surface area contributed by atoms with E-state index in [-0.39, 0.29) is 0 Å². The molecule has 194 valence electrons. The maximum absolute atomic E-state index is 5.56. The van der Waals surface area contributed by atoms with Crippen molar-refractivity contribution in [3.8, 4) is 27.8 Å². The lowest BCUT2D eigenvalue weighted by molar-refractivity contribution is 0.313. The molecule has 1 aromatic heterocycles. The summed E-state index contributed by atoms with van der Waals surface area (Å²) in [5.41, 5.74) is 6.74. The summed E-state index contributed by atoms with van der Waals surface area (Å²) >= 11 is 1.75. The minimum absolute atomic E-state index is 0.597.